The van der Waals surface area contributed by atoms with E-state index in [0.29, 0.717) is 5.92 Å². The van der Waals surface area contributed by atoms with E-state index in [0.717, 1.165) is 24.5 Å². The van der Waals surface area contributed by atoms with Crippen LogP contribution in [0.4, 0.5) is 0 Å². The summed E-state index contributed by atoms with van der Waals surface area (Å²) >= 11 is 0. The van der Waals surface area contributed by atoms with E-state index in [9.17, 15) is 0 Å². The molecule has 19 heavy (non-hydrogen) atoms. The molecular formula is C16H21N3. The van der Waals surface area contributed by atoms with E-state index in [4.69, 9.17) is 10.7 Å². The maximum absolute atomic E-state index is 6.21. The Morgan fingerprint density at radius 2 is 2.11 bits per heavy atom. The van der Waals surface area contributed by atoms with E-state index in [1.54, 1.807) is 0 Å². The molecule has 0 fully saturated rings. The van der Waals surface area contributed by atoms with Crippen molar-refractivity contribution in [3.05, 3.63) is 41.3 Å². The molecule has 0 aliphatic carbocycles. The van der Waals surface area contributed by atoms with Crippen molar-refractivity contribution in [3.8, 4) is 11.3 Å². The summed E-state index contributed by atoms with van der Waals surface area (Å²) in [6, 6.07) is 6.58. The molecule has 2 unspecified atom stereocenters. The molecule has 100 valence electrons. The summed E-state index contributed by atoms with van der Waals surface area (Å²) in [7, 11) is 0. The average Bonchev–Trinajstić information content (AvgIpc) is 2.72. The Kier molecular flexibility index (Phi) is 2.94. The van der Waals surface area contributed by atoms with Gasteiger partial charge in [0.05, 0.1) is 11.7 Å². The minimum atomic E-state index is 0.0725. The van der Waals surface area contributed by atoms with E-state index < -0.39 is 0 Å². The number of imidazole rings is 1. The molecule has 3 heteroatoms. The Hall–Kier alpha value is -1.61. The zero-order valence-electron chi connectivity index (χ0n) is 11.9. The van der Waals surface area contributed by atoms with Gasteiger partial charge in [0.1, 0.15) is 5.82 Å². The Morgan fingerprint density at radius 1 is 1.32 bits per heavy atom. The van der Waals surface area contributed by atoms with Crippen LogP contribution in [0.25, 0.3) is 11.3 Å². The van der Waals surface area contributed by atoms with Gasteiger partial charge in [0.25, 0.3) is 0 Å². The second kappa shape index (κ2) is 4.49. The van der Waals surface area contributed by atoms with E-state index in [1.807, 2.05) is 0 Å². The van der Waals surface area contributed by atoms with Crippen molar-refractivity contribution in [1.82, 2.24) is 9.55 Å². The molecule has 3 rings (SSSR count). The number of aromatic nitrogens is 2. The quantitative estimate of drug-likeness (QED) is 0.850. The zero-order valence-corrected chi connectivity index (χ0v) is 11.9. The molecule has 1 aromatic heterocycles. The fourth-order valence-corrected chi connectivity index (χ4v) is 3.05. The highest BCUT2D eigenvalue weighted by atomic mass is 15.1. The van der Waals surface area contributed by atoms with E-state index in [-0.39, 0.29) is 6.04 Å². The smallest absolute Gasteiger partial charge is 0.126 e. The number of nitrogens with two attached hydrogens (primary N) is 1. The summed E-state index contributed by atoms with van der Waals surface area (Å²) in [4.78, 5) is 4.76. The summed E-state index contributed by atoms with van der Waals surface area (Å²) in [6.07, 6.45) is 3.19. The third-order valence-corrected chi connectivity index (χ3v) is 3.96. The number of benzene rings is 1. The Bertz CT molecular complexity index is 612. The summed E-state index contributed by atoms with van der Waals surface area (Å²) in [5, 5.41) is 0. The van der Waals surface area contributed by atoms with Crippen LogP contribution in [0, 0.1) is 19.8 Å². The number of hydrogen-bond acceptors (Lipinski definition) is 2. The molecule has 1 aliphatic heterocycles. The lowest BCUT2D eigenvalue weighted by Crippen LogP contribution is -2.26. The molecular weight excluding hydrogens is 234 g/mol. The topological polar surface area (TPSA) is 43.8 Å². The zero-order chi connectivity index (χ0) is 13.6. The summed E-state index contributed by atoms with van der Waals surface area (Å²) < 4.78 is 2.23. The van der Waals surface area contributed by atoms with Crippen molar-refractivity contribution in [1.29, 1.82) is 0 Å². The third-order valence-electron chi connectivity index (χ3n) is 3.96. The molecule has 0 radical (unpaired) electrons. The minimum Gasteiger partial charge on any atom is -0.333 e. The predicted octanol–water partition coefficient (Wildman–Crippen LogP) is 3.21. The molecule has 2 heterocycles. The molecule has 0 spiro atoms. The summed E-state index contributed by atoms with van der Waals surface area (Å²) in [5.41, 5.74) is 11.0. The molecule has 2 aromatic rings. The van der Waals surface area contributed by atoms with Crippen molar-refractivity contribution in [3.63, 3.8) is 0 Å². The Labute approximate surface area is 114 Å². The lowest BCUT2D eigenvalue weighted by Gasteiger charge is -2.25. The monoisotopic (exact) mass is 255 g/mol. The molecule has 3 nitrogen and oxygen atoms in total. The molecule has 1 aromatic carbocycles. The van der Waals surface area contributed by atoms with Crippen LogP contribution >= 0.6 is 0 Å². The van der Waals surface area contributed by atoms with Crippen LogP contribution < -0.4 is 5.73 Å². The summed E-state index contributed by atoms with van der Waals surface area (Å²) in [5.74, 6) is 1.66. The van der Waals surface area contributed by atoms with Crippen LogP contribution in [-0.4, -0.2) is 9.55 Å². The van der Waals surface area contributed by atoms with Gasteiger partial charge in [-0.2, -0.15) is 0 Å². The maximum atomic E-state index is 6.21. The number of rotatable bonds is 1. The van der Waals surface area contributed by atoms with Crippen LogP contribution in [0.2, 0.25) is 0 Å². The Balaban J connectivity index is 2.05. The van der Waals surface area contributed by atoms with Gasteiger partial charge in [0.2, 0.25) is 0 Å². The van der Waals surface area contributed by atoms with Crippen molar-refractivity contribution in [2.45, 2.75) is 39.8 Å². The third kappa shape index (κ3) is 2.19. The molecule has 1 aliphatic rings. The van der Waals surface area contributed by atoms with Gasteiger partial charge in [-0.25, -0.2) is 4.98 Å². The largest absolute Gasteiger partial charge is 0.333 e. The van der Waals surface area contributed by atoms with Gasteiger partial charge >= 0.3 is 0 Å². The van der Waals surface area contributed by atoms with E-state index in [1.165, 1.54) is 16.7 Å². The van der Waals surface area contributed by atoms with Gasteiger partial charge in [0.15, 0.2) is 0 Å². The lowest BCUT2D eigenvalue weighted by molar-refractivity contribution is 0.346. The van der Waals surface area contributed by atoms with Gasteiger partial charge in [-0.05, 0) is 31.7 Å². The van der Waals surface area contributed by atoms with Gasteiger partial charge in [-0.15, -0.1) is 0 Å². The first-order valence-electron chi connectivity index (χ1n) is 6.95. The van der Waals surface area contributed by atoms with Crippen LogP contribution in [0.1, 0.15) is 36.3 Å². The maximum Gasteiger partial charge on any atom is 0.126 e. The predicted molar refractivity (Wildman–Crippen MR) is 77.8 cm³/mol. The van der Waals surface area contributed by atoms with Crippen molar-refractivity contribution < 1.29 is 0 Å². The van der Waals surface area contributed by atoms with Crippen LogP contribution in [-0.2, 0) is 6.54 Å². The van der Waals surface area contributed by atoms with Gasteiger partial charge in [0, 0.05) is 18.3 Å². The number of hydrogen-bond donors (Lipinski definition) is 1. The van der Waals surface area contributed by atoms with E-state index >= 15 is 0 Å². The van der Waals surface area contributed by atoms with E-state index in [2.05, 4.69) is 49.7 Å². The normalized spacial score (nSPS) is 22.3. The SMILES string of the molecule is Cc1ccc(-c2cn3c(n2)C(N)CC(C)C3)c(C)c1. The fourth-order valence-electron chi connectivity index (χ4n) is 3.05. The van der Waals surface area contributed by atoms with Crippen LogP contribution in [0.3, 0.4) is 0 Å². The highest BCUT2D eigenvalue weighted by Crippen LogP contribution is 2.30. The summed E-state index contributed by atoms with van der Waals surface area (Å²) in [6.45, 7) is 7.54. The number of aryl methyl sites for hydroxylation is 2. The highest BCUT2D eigenvalue weighted by Gasteiger charge is 2.24. The standard InChI is InChI=1S/C16H21N3/c1-10-4-5-13(12(3)6-10)15-9-19-8-11(2)7-14(17)16(19)18-15/h4-6,9,11,14H,7-8,17H2,1-3H3. The first-order chi connectivity index (χ1) is 9.04. The van der Waals surface area contributed by atoms with Gasteiger partial charge in [-0.3, -0.25) is 0 Å². The second-order valence-electron chi connectivity index (χ2n) is 5.90. The van der Waals surface area contributed by atoms with Gasteiger partial charge in [-0.1, -0.05) is 30.7 Å². The Morgan fingerprint density at radius 3 is 2.84 bits per heavy atom. The van der Waals surface area contributed by atoms with Gasteiger partial charge < -0.3 is 10.3 Å². The first kappa shape index (κ1) is 12.4. The lowest BCUT2D eigenvalue weighted by atomic mass is 9.98. The highest BCUT2D eigenvalue weighted by molar-refractivity contribution is 5.63. The number of nitrogens with zero attached hydrogens (tertiary/aromatic N) is 2. The van der Waals surface area contributed by atoms with Crippen molar-refractivity contribution in [2.24, 2.45) is 11.7 Å². The average molecular weight is 255 g/mol. The minimum absolute atomic E-state index is 0.0725. The van der Waals surface area contributed by atoms with Crippen LogP contribution in [0.15, 0.2) is 24.4 Å². The number of fused-ring (bicyclic) bond motifs is 1. The van der Waals surface area contributed by atoms with Crippen molar-refractivity contribution in [2.75, 3.05) is 0 Å². The first-order valence-corrected chi connectivity index (χ1v) is 6.95. The molecule has 2 N–H and O–H groups in total. The molecule has 0 saturated carbocycles. The molecule has 2 atom stereocenters. The molecule has 0 saturated heterocycles. The molecule has 0 amide bonds. The second-order valence-corrected chi connectivity index (χ2v) is 5.90. The molecule has 0 bridgehead atoms. The fraction of sp³-hybridized carbons (Fsp3) is 0.438. The van der Waals surface area contributed by atoms with Crippen molar-refractivity contribution >= 4 is 0 Å². The van der Waals surface area contributed by atoms with Crippen LogP contribution in [0.5, 0.6) is 0 Å².